The van der Waals surface area contributed by atoms with Crippen LogP contribution in [-0.4, -0.2) is 24.7 Å². The van der Waals surface area contributed by atoms with Gasteiger partial charge in [0.05, 0.1) is 0 Å². The van der Waals surface area contributed by atoms with E-state index >= 15 is 0 Å². The van der Waals surface area contributed by atoms with Gasteiger partial charge in [-0.15, -0.1) is 0 Å². The summed E-state index contributed by atoms with van der Waals surface area (Å²) in [5, 5.41) is 0. The molecule has 70 valence electrons. The van der Waals surface area contributed by atoms with Gasteiger partial charge in [-0.1, -0.05) is 0 Å². The molecule has 0 unspecified atom stereocenters. The third kappa shape index (κ3) is 2.53. The molecule has 0 saturated carbocycles. The molecule has 0 spiro atoms. The molecule has 0 N–H and O–H groups in total. The van der Waals surface area contributed by atoms with E-state index in [1.165, 1.54) is 24.7 Å². The Morgan fingerprint density at radius 3 is 1.62 bits per heavy atom. The van der Waals surface area contributed by atoms with Gasteiger partial charge in [0.2, 0.25) is 0 Å². The first-order chi connectivity index (χ1) is 6.04. The van der Waals surface area contributed by atoms with Crippen LogP contribution in [0.4, 0.5) is 0 Å². The number of rotatable bonds is 2. The second-order valence-corrected chi connectivity index (χ2v) is 5.83. The molecule has 0 aromatic heterocycles. The van der Waals surface area contributed by atoms with E-state index < -0.39 is 0 Å². The normalized spacial score (nSPS) is 11.3. The molecule has 2 radical (unpaired) electrons. The topological polar surface area (TPSA) is 0 Å². The third-order valence-electron chi connectivity index (χ3n) is 2.34. The molecule has 0 atom stereocenters. The summed E-state index contributed by atoms with van der Waals surface area (Å²) in [5.41, 5.74) is 3.08. The first kappa shape index (κ1) is 11.2. The van der Waals surface area contributed by atoms with E-state index in [-0.39, 0.29) is 0 Å². The summed E-state index contributed by atoms with van der Waals surface area (Å²) in [7, 11) is 0. The Morgan fingerprint density at radius 2 is 1.31 bits per heavy atom. The Balaban J connectivity index is 3.18. The molecule has 0 heterocycles. The molecule has 0 aliphatic rings. The Bertz CT molecular complexity index is 261. The maximum absolute atomic E-state index is 2.27. The summed E-state index contributed by atoms with van der Waals surface area (Å²) >= 11 is 1.39. The molecule has 1 aromatic rings. The van der Waals surface area contributed by atoms with Crippen molar-refractivity contribution in [1.82, 2.24) is 0 Å². The first-order valence-electron chi connectivity index (χ1n) is 4.85. The van der Waals surface area contributed by atoms with Crippen LogP contribution in [-0.2, 0) is 0 Å². The van der Waals surface area contributed by atoms with E-state index in [1.807, 2.05) is 0 Å². The van der Waals surface area contributed by atoms with Gasteiger partial charge in [-0.05, 0) is 0 Å². The summed E-state index contributed by atoms with van der Waals surface area (Å²) in [6.45, 7) is 9.10. The quantitative estimate of drug-likeness (QED) is 0.703. The van der Waals surface area contributed by atoms with Gasteiger partial charge in [-0.3, -0.25) is 0 Å². The second kappa shape index (κ2) is 4.55. The molecule has 0 saturated heterocycles. The van der Waals surface area contributed by atoms with Crippen LogP contribution in [0.5, 0.6) is 0 Å². The van der Waals surface area contributed by atoms with Gasteiger partial charge in [-0.25, -0.2) is 0 Å². The molecule has 0 bridgehead atoms. The Morgan fingerprint density at radius 1 is 0.923 bits per heavy atom. The van der Waals surface area contributed by atoms with Crippen molar-refractivity contribution in [2.24, 2.45) is 0 Å². The Hall–Kier alpha value is 0.103. The average Bonchev–Trinajstić information content (AvgIpc) is 2.03. The number of hydrogen-bond donors (Lipinski definition) is 0. The van der Waals surface area contributed by atoms with Crippen molar-refractivity contribution in [3.63, 3.8) is 0 Å². The first-order valence-corrected chi connectivity index (χ1v) is 6.59. The fourth-order valence-electron chi connectivity index (χ4n) is 1.51. The van der Waals surface area contributed by atoms with E-state index in [9.17, 15) is 0 Å². The zero-order valence-corrected chi connectivity index (χ0v) is 12.3. The Labute approximate surface area is 96.6 Å². The van der Waals surface area contributed by atoms with E-state index in [4.69, 9.17) is 0 Å². The number of benzene rings is 1. The standard InChI is InChI=1S/C12H17.Bi/c1-9(2)11-6-5-7-12(8-11)10(3)4;/h5-7,9-10H,1-4H3;. The molecule has 1 rings (SSSR count). The van der Waals surface area contributed by atoms with Gasteiger partial charge >= 0.3 is 96.8 Å². The van der Waals surface area contributed by atoms with Crippen LogP contribution < -0.4 is 3.27 Å². The van der Waals surface area contributed by atoms with Crippen molar-refractivity contribution in [2.75, 3.05) is 0 Å². The fourth-order valence-corrected chi connectivity index (χ4v) is 4.10. The van der Waals surface area contributed by atoms with Crippen LogP contribution in [0.1, 0.15) is 50.7 Å². The summed E-state index contributed by atoms with van der Waals surface area (Å²) < 4.78 is 1.59. The summed E-state index contributed by atoms with van der Waals surface area (Å²) in [6.07, 6.45) is 0. The van der Waals surface area contributed by atoms with Crippen LogP contribution in [0.15, 0.2) is 18.2 Å². The van der Waals surface area contributed by atoms with Gasteiger partial charge in [-0.2, -0.15) is 0 Å². The van der Waals surface area contributed by atoms with E-state index in [0.29, 0.717) is 11.8 Å². The zero-order chi connectivity index (χ0) is 10.0. The molecule has 0 nitrogen and oxygen atoms in total. The van der Waals surface area contributed by atoms with Crippen molar-refractivity contribution in [3.05, 3.63) is 29.3 Å². The maximum atomic E-state index is 2.27. The predicted molar refractivity (Wildman–Crippen MR) is 60.0 cm³/mol. The van der Waals surface area contributed by atoms with Crippen LogP contribution in [0, 0.1) is 0 Å². The average molecular weight is 370 g/mol. The fraction of sp³-hybridized carbons (Fsp3) is 0.500. The van der Waals surface area contributed by atoms with E-state index in [0.717, 1.165) is 0 Å². The molecule has 0 aliphatic heterocycles. The molecular formula is C12H17Bi. The molecular weight excluding hydrogens is 353 g/mol. The zero-order valence-electron chi connectivity index (χ0n) is 8.83. The van der Waals surface area contributed by atoms with E-state index in [2.05, 4.69) is 45.9 Å². The van der Waals surface area contributed by atoms with Gasteiger partial charge in [0.1, 0.15) is 0 Å². The van der Waals surface area contributed by atoms with Crippen LogP contribution in [0.3, 0.4) is 0 Å². The van der Waals surface area contributed by atoms with Gasteiger partial charge in [0.15, 0.2) is 0 Å². The minimum absolute atomic E-state index is 0.665. The molecule has 13 heavy (non-hydrogen) atoms. The predicted octanol–water partition coefficient (Wildman–Crippen LogP) is 2.73. The number of hydrogen-bond acceptors (Lipinski definition) is 0. The summed E-state index contributed by atoms with van der Waals surface area (Å²) in [6, 6.07) is 6.74. The van der Waals surface area contributed by atoms with Crippen LogP contribution in [0.2, 0.25) is 0 Å². The summed E-state index contributed by atoms with van der Waals surface area (Å²) in [5.74, 6) is 1.33. The monoisotopic (exact) mass is 370 g/mol. The van der Waals surface area contributed by atoms with Crippen molar-refractivity contribution in [3.8, 4) is 0 Å². The van der Waals surface area contributed by atoms with Gasteiger partial charge in [0, 0.05) is 0 Å². The summed E-state index contributed by atoms with van der Waals surface area (Å²) in [4.78, 5) is 0. The van der Waals surface area contributed by atoms with Crippen molar-refractivity contribution in [2.45, 2.75) is 39.5 Å². The van der Waals surface area contributed by atoms with E-state index in [1.54, 1.807) is 14.4 Å². The molecule has 0 aliphatic carbocycles. The SMILES string of the molecule is CC(C)c1cccc(C(C)C)[c]1[Bi]. The molecule has 1 heteroatoms. The second-order valence-electron chi connectivity index (χ2n) is 4.09. The molecule has 0 fully saturated rings. The van der Waals surface area contributed by atoms with Crippen molar-refractivity contribution in [1.29, 1.82) is 0 Å². The molecule has 1 aromatic carbocycles. The van der Waals surface area contributed by atoms with Crippen molar-refractivity contribution < 1.29 is 0 Å². The third-order valence-corrected chi connectivity index (χ3v) is 4.35. The van der Waals surface area contributed by atoms with Gasteiger partial charge < -0.3 is 0 Å². The van der Waals surface area contributed by atoms with Gasteiger partial charge in [0.25, 0.3) is 0 Å². The van der Waals surface area contributed by atoms with Crippen LogP contribution >= 0.6 is 0 Å². The Kier molecular flexibility index (Phi) is 3.92. The van der Waals surface area contributed by atoms with Crippen molar-refractivity contribution >= 4 is 28.0 Å². The minimum atomic E-state index is 0.665. The van der Waals surface area contributed by atoms with Crippen LogP contribution in [0.25, 0.3) is 0 Å². The molecule has 0 amide bonds.